The molecule has 32 heavy (non-hydrogen) atoms. The van der Waals surface area contributed by atoms with Gasteiger partial charge in [0.15, 0.2) is 0 Å². The molecule has 172 valence electrons. The minimum absolute atomic E-state index is 0.281. The van der Waals surface area contributed by atoms with E-state index < -0.39 is 17.7 Å². The van der Waals surface area contributed by atoms with Gasteiger partial charge in [-0.15, -0.1) is 0 Å². The zero-order valence-corrected chi connectivity index (χ0v) is 19.2. The van der Waals surface area contributed by atoms with Gasteiger partial charge in [-0.2, -0.15) is 0 Å². The number of primary amides is 1. The van der Waals surface area contributed by atoms with E-state index in [1.54, 1.807) is 59.1 Å². The molecule has 0 aromatic heterocycles. The van der Waals surface area contributed by atoms with Crippen LogP contribution in [0.3, 0.4) is 0 Å². The number of likely N-dealkylation sites (N-methyl/N-ethyl adjacent to an activating group) is 1. The Hall–Kier alpha value is -3.55. The lowest BCUT2D eigenvalue weighted by molar-refractivity contribution is -0.131. The summed E-state index contributed by atoms with van der Waals surface area (Å²) >= 11 is 0. The van der Waals surface area contributed by atoms with E-state index in [1.807, 2.05) is 24.3 Å². The van der Waals surface area contributed by atoms with Gasteiger partial charge in [-0.1, -0.05) is 24.3 Å². The van der Waals surface area contributed by atoms with Gasteiger partial charge in [-0.25, -0.2) is 4.79 Å². The highest BCUT2D eigenvalue weighted by Crippen LogP contribution is 2.25. The minimum Gasteiger partial charge on any atom is -0.457 e. The van der Waals surface area contributed by atoms with Gasteiger partial charge in [0.25, 0.3) is 0 Å². The summed E-state index contributed by atoms with van der Waals surface area (Å²) < 4.78 is 11.1. The molecular formula is C24H31N3O5. The molecule has 0 radical (unpaired) electrons. The third-order valence-corrected chi connectivity index (χ3v) is 4.38. The van der Waals surface area contributed by atoms with Gasteiger partial charge in [0.05, 0.1) is 0 Å². The summed E-state index contributed by atoms with van der Waals surface area (Å²) in [4.78, 5) is 37.2. The summed E-state index contributed by atoms with van der Waals surface area (Å²) in [5, 5.41) is 2.64. The summed E-state index contributed by atoms with van der Waals surface area (Å²) in [7, 11) is 3.24. The molecule has 0 bridgehead atoms. The van der Waals surface area contributed by atoms with E-state index in [4.69, 9.17) is 15.2 Å². The number of rotatable bonds is 8. The third kappa shape index (κ3) is 7.94. The second kappa shape index (κ2) is 10.7. The molecule has 2 rings (SSSR count). The maximum Gasteiger partial charge on any atom is 0.408 e. The Morgan fingerprint density at radius 2 is 1.50 bits per heavy atom. The van der Waals surface area contributed by atoms with Crippen LogP contribution in [-0.2, 0) is 20.7 Å². The van der Waals surface area contributed by atoms with Crippen LogP contribution in [0.25, 0.3) is 0 Å². The predicted octanol–water partition coefficient (Wildman–Crippen LogP) is 3.55. The molecule has 0 saturated heterocycles. The molecule has 2 aromatic rings. The zero-order chi connectivity index (χ0) is 23.9. The second-order valence-corrected chi connectivity index (χ2v) is 8.59. The lowest BCUT2D eigenvalue weighted by atomic mass is 10.1. The Bertz CT molecular complexity index is 932. The molecule has 0 fully saturated rings. The number of nitrogens with two attached hydrogens (primary N) is 1. The number of alkyl carbamates (subject to hydrolysis) is 1. The number of amides is 3. The van der Waals surface area contributed by atoms with Crippen LogP contribution in [0.15, 0.2) is 48.5 Å². The van der Waals surface area contributed by atoms with Gasteiger partial charge < -0.3 is 25.4 Å². The van der Waals surface area contributed by atoms with Crippen LogP contribution in [0.4, 0.5) is 4.79 Å². The van der Waals surface area contributed by atoms with E-state index in [2.05, 4.69) is 5.32 Å². The average molecular weight is 442 g/mol. The van der Waals surface area contributed by atoms with Crippen molar-refractivity contribution in [1.82, 2.24) is 10.2 Å². The summed E-state index contributed by atoms with van der Waals surface area (Å²) in [6, 6.07) is 13.4. The van der Waals surface area contributed by atoms with Crippen molar-refractivity contribution >= 4 is 17.9 Å². The van der Waals surface area contributed by atoms with Crippen LogP contribution in [0.5, 0.6) is 11.5 Å². The van der Waals surface area contributed by atoms with Crippen LogP contribution < -0.4 is 15.8 Å². The Morgan fingerprint density at radius 1 is 0.969 bits per heavy atom. The van der Waals surface area contributed by atoms with Crippen molar-refractivity contribution in [3.8, 4) is 11.5 Å². The molecule has 1 unspecified atom stereocenters. The van der Waals surface area contributed by atoms with E-state index in [9.17, 15) is 14.4 Å². The van der Waals surface area contributed by atoms with Crippen molar-refractivity contribution in [3.63, 3.8) is 0 Å². The molecule has 0 saturated carbocycles. The fourth-order valence-electron chi connectivity index (χ4n) is 2.83. The van der Waals surface area contributed by atoms with Crippen LogP contribution in [0, 0.1) is 0 Å². The molecule has 0 aliphatic carbocycles. The second-order valence-electron chi connectivity index (χ2n) is 8.59. The van der Waals surface area contributed by atoms with Gasteiger partial charge in [-0.05, 0) is 62.6 Å². The smallest absolute Gasteiger partial charge is 0.408 e. The molecule has 8 nitrogen and oxygen atoms in total. The first kappa shape index (κ1) is 24.7. The monoisotopic (exact) mass is 441 g/mol. The quantitative estimate of drug-likeness (QED) is 0.651. The number of nitrogens with zero attached hydrogens (tertiary/aromatic N) is 1. The van der Waals surface area contributed by atoms with Gasteiger partial charge in [0.1, 0.15) is 23.1 Å². The highest BCUT2D eigenvalue weighted by Gasteiger charge is 2.27. The summed E-state index contributed by atoms with van der Waals surface area (Å²) in [5.41, 5.74) is 6.09. The maximum atomic E-state index is 12.6. The number of nitrogens with one attached hydrogen (secondary N) is 1. The Balaban J connectivity index is 2.10. The molecule has 1 atom stereocenters. The molecule has 3 N–H and O–H groups in total. The Morgan fingerprint density at radius 3 is 1.97 bits per heavy atom. The molecule has 0 spiro atoms. The summed E-state index contributed by atoms with van der Waals surface area (Å²) in [6.45, 7) is 5.27. The first-order valence-electron chi connectivity index (χ1n) is 10.3. The SMILES string of the molecule is CN(C)C(=O)C(NC(=O)OC(C)(C)C)c1ccc(Oc2ccc(CCC(N)=O)cc2)cc1. The Labute approximate surface area is 188 Å². The lowest BCUT2D eigenvalue weighted by Crippen LogP contribution is -2.42. The van der Waals surface area contributed by atoms with E-state index in [0.717, 1.165) is 5.56 Å². The molecule has 0 aliphatic rings. The van der Waals surface area contributed by atoms with Gasteiger partial charge in [0.2, 0.25) is 11.8 Å². The number of carbonyl (C=O) groups is 3. The molecule has 0 aliphatic heterocycles. The highest BCUT2D eigenvalue weighted by molar-refractivity contribution is 5.86. The van der Waals surface area contributed by atoms with E-state index in [-0.39, 0.29) is 11.8 Å². The molecular weight excluding hydrogens is 410 g/mol. The van der Waals surface area contributed by atoms with E-state index in [1.165, 1.54) is 4.90 Å². The van der Waals surface area contributed by atoms with Crippen molar-refractivity contribution in [2.24, 2.45) is 5.73 Å². The fourth-order valence-corrected chi connectivity index (χ4v) is 2.83. The fraction of sp³-hybridized carbons (Fsp3) is 0.375. The van der Waals surface area contributed by atoms with Gasteiger partial charge >= 0.3 is 6.09 Å². The van der Waals surface area contributed by atoms with E-state index in [0.29, 0.717) is 29.9 Å². The standard InChI is InChI=1S/C24H31N3O5/c1-24(2,3)32-23(30)26-21(22(29)27(4)5)17-9-13-19(14-10-17)31-18-11-6-16(7-12-18)8-15-20(25)28/h6-7,9-14,21H,8,15H2,1-5H3,(H2,25,28)(H,26,30). The maximum absolute atomic E-state index is 12.6. The normalized spacial score (nSPS) is 11.9. The van der Waals surface area contributed by atoms with Crippen molar-refractivity contribution in [1.29, 1.82) is 0 Å². The number of ether oxygens (including phenoxy) is 2. The van der Waals surface area contributed by atoms with Crippen molar-refractivity contribution in [3.05, 3.63) is 59.7 Å². The number of carbonyl (C=O) groups excluding carboxylic acids is 3. The molecule has 2 aromatic carbocycles. The zero-order valence-electron chi connectivity index (χ0n) is 19.2. The number of hydrogen-bond donors (Lipinski definition) is 2. The van der Waals surface area contributed by atoms with Gasteiger partial charge in [0, 0.05) is 20.5 Å². The van der Waals surface area contributed by atoms with E-state index >= 15 is 0 Å². The average Bonchev–Trinajstić information content (AvgIpc) is 2.70. The van der Waals surface area contributed by atoms with Gasteiger partial charge in [-0.3, -0.25) is 9.59 Å². The van der Waals surface area contributed by atoms with Crippen LogP contribution in [0.1, 0.15) is 44.4 Å². The molecule has 8 heteroatoms. The van der Waals surface area contributed by atoms with Crippen molar-refractivity contribution in [2.75, 3.05) is 14.1 Å². The first-order chi connectivity index (χ1) is 14.9. The van der Waals surface area contributed by atoms with Crippen LogP contribution >= 0.6 is 0 Å². The van der Waals surface area contributed by atoms with Crippen LogP contribution in [0.2, 0.25) is 0 Å². The van der Waals surface area contributed by atoms with Crippen LogP contribution in [-0.4, -0.2) is 42.5 Å². The lowest BCUT2D eigenvalue weighted by Gasteiger charge is -2.25. The predicted molar refractivity (Wildman–Crippen MR) is 121 cm³/mol. The molecule has 3 amide bonds. The number of benzene rings is 2. The third-order valence-electron chi connectivity index (χ3n) is 4.38. The summed E-state index contributed by atoms with van der Waals surface area (Å²) in [6.07, 6.45) is 0.205. The highest BCUT2D eigenvalue weighted by atomic mass is 16.6. The number of hydrogen-bond acceptors (Lipinski definition) is 5. The largest absolute Gasteiger partial charge is 0.457 e. The topological polar surface area (TPSA) is 111 Å². The molecule has 0 heterocycles. The Kier molecular flexibility index (Phi) is 8.23. The number of aryl methyl sites for hydroxylation is 1. The summed E-state index contributed by atoms with van der Waals surface area (Å²) in [5.74, 6) is 0.592. The first-order valence-corrected chi connectivity index (χ1v) is 10.3. The minimum atomic E-state index is -0.890. The van der Waals surface area contributed by atoms with Crippen molar-refractivity contribution in [2.45, 2.75) is 45.3 Å². The van der Waals surface area contributed by atoms with Crippen molar-refractivity contribution < 1.29 is 23.9 Å².